The number of benzene rings is 2. The van der Waals surface area contributed by atoms with E-state index in [-0.39, 0.29) is 5.02 Å². The second kappa shape index (κ2) is 4.73. The number of anilines is 1. The van der Waals surface area contributed by atoms with Gasteiger partial charge in [0.05, 0.1) is 10.7 Å². The summed E-state index contributed by atoms with van der Waals surface area (Å²) >= 11 is 17.6. The van der Waals surface area contributed by atoms with Crippen molar-refractivity contribution < 1.29 is 4.39 Å². The van der Waals surface area contributed by atoms with Gasteiger partial charge in [-0.2, -0.15) is 0 Å². The first-order chi connectivity index (χ1) is 7.97. The lowest BCUT2D eigenvalue weighted by atomic mass is 10.0. The summed E-state index contributed by atoms with van der Waals surface area (Å²) in [6.07, 6.45) is 0. The summed E-state index contributed by atoms with van der Waals surface area (Å²) in [5.74, 6) is -0.463. The normalized spacial score (nSPS) is 10.6. The van der Waals surface area contributed by atoms with Gasteiger partial charge in [0.2, 0.25) is 0 Å². The SMILES string of the molecule is Nc1c(Cl)cc(F)cc1-c1cc(Cl)cc(Cl)c1. The minimum atomic E-state index is -0.463. The van der Waals surface area contributed by atoms with Crippen LogP contribution in [0.2, 0.25) is 15.1 Å². The van der Waals surface area contributed by atoms with Crippen LogP contribution in [0.1, 0.15) is 0 Å². The fraction of sp³-hybridized carbons (Fsp3) is 0. The van der Waals surface area contributed by atoms with Gasteiger partial charge in [0, 0.05) is 15.6 Å². The molecule has 0 heterocycles. The van der Waals surface area contributed by atoms with E-state index in [9.17, 15) is 4.39 Å². The molecule has 88 valence electrons. The van der Waals surface area contributed by atoms with Gasteiger partial charge in [-0.15, -0.1) is 0 Å². The highest BCUT2D eigenvalue weighted by Gasteiger charge is 2.10. The number of nitrogen functional groups attached to an aromatic ring is 1. The quantitative estimate of drug-likeness (QED) is 0.732. The lowest BCUT2D eigenvalue weighted by Gasteiger charge is -2.09. The Kier molecular flexibility index (Phi) is 3.48. The third-order valence-corrected chi connectivity index (χ3v) is 3.02. The van der Waals surface area contributed by atoms with Gasteiger partial charge in [0.15, 0.2) is 0 Å². The Morgan fingerprint density at radius 2 is 1.47 bits per heavy atom. The van der Waals surface area contributed by atoms with Crippen LogP contribution >= 0.6 is 34.8 Å². The van der Waals surface area contributed by atoms with Crippen molar-refractivity contribution in [1.82, 2.24) is 0 Å². The first-order valence-corrected chi connectivity index (χ1v) is 5.82. The highest BCUT2D eigenvalue weighted by molar-refractivity contribution is 6.35. The first kappa shape index (κ1) is 12.5. The smallest absolute Gasteiger partial charge is 0.125 e. The van der Waals surface area contributed by atoms with Crippen molar-refractivity contribution in [2.75, 3.05) is 5.73 Å². The average molecular weight is 291 g/mol. The highest BCUT2D eigenvalue weighted by Crippen LogP contribution is 2.35. The van der Waals surface area contributed by atoms with E-state index < -0.39 is 5.82 Å². The summed E-state index contributed by atoms with van der Waals surface area (Å²) < 4.78 is 13.3. The minimum Gasteiger partial charge on any atom is -0.397 e. The molecule has 0 aromatic heterocycles. The van der Waals surface area contributed by atoms with Crippen LogP contribution in [0.3, 0.4) is 0 Å². The van der Waals surface area contributed by atoms with Crippen molar-refractivity contribution in [2.45, 2.75) is 0 Å². The molecule has 0 spiro atoms. The molecule has 2 aromatic rings. The molecule has 0 aliphatic heterocycles. The molecule has 17 heavy (non-hydrogen) atoms. The Balaban J connectivity index is 2.67. The zero-order valence-electron chi connectivity index (χ0n) is 8.48. The molecule has 2 N–H and O–H groups in total. The molecule has 0 atom stereocenters. The highest BCUT2D eigenvalue weighted by atomic mass is 35.5. The van der Waals surface area contributed by atoms with E-state index >= 15 is 0 Å². The number of hydrogen-bond donors (Lipinski definition) is 1. The van der Waals surface area contributed by atoms with Gasteiger partial charge in [0.25, 0.3) is 0 Å². The molecule has 0 amide bonds. The van der Waals surface area contributed by atoms with Crippen molar-refractivity contribution in [3.05, 3.63) is 51.2 Å². The summed E-state index contributed by atoms with van der Waals surface area (Å²) in [6.45, 7) is 0. The molecule has 0 radical (unpaired) electrons. The predicted molar refractivity (Wildman–Crippen MR) is 71.3 cm³/mol. The largest absolute Gasteiger partial charge is 0.397 e. The molecular weight excluding hydrogens is 283 g/mol. The van der Waals surface area contributed by atoms with Crippen LogP contribution in [0, 0.1) is 5.82 Å². The molecule has 0 fully saturated rings. The summed E-state index contributed by atoms with van der Waals surface area (Å²) in [6, 6.07) is 7.34. The van der Waals surface area contributed by atoms with Gasteiger partial charge in [-0.05, 0) is 35.9 Å². The van der Waals surface area contributed by atoms with E-state index in [1.165, 1.54) is 6.07 Å². The Bertz CT molecular complexity index is 564. The van der Waals surface area contributed by atoms with Crippen LogP contribution in [-0.2, 0) is 0 Å². The van der Waals surface area contributed by atoms with Crippen LogP contribution in [0.4, 0.5) is 10.1 Å². The number of rotatable bonds is 1. The van der Waals surface area contributed by atoms with Crippen molar-refractivity contribution in [3.63, 3.8) is 0 Å². The van der Waals surface area contributed by atoms with Gasteiger partial charge < -0.3 is 5.73 Å². The maximum atomic E-state index is 13.3. The predicted octanol–water partition coefficient (Wildman–Crippen LogP) is 5.04. The van der Waals surface area contributed by atoms with Gasteiger partial charge in [-0.25, -0.2) is 4.39 Å². The molecule has 0 aliphatic rings. The van der Waals surface area contributed by atoms with Crippen molar-refractivity contribution in [1.29, 1.82) is 0 Å². The van der Waals surface area contributed by atoms with Crippen LogP contribution in [0.15, 0.2) is 30.3 Å². The van der Waals surface area contributed by atoms with Crippen LogP contribution in [0.5, 0.6) is 0 Å². The molecular formula is C12H7Cl3FN. The molecule has 0 aliphatic carbocycles. The maximum absolute atomic E-state index is 13.3. The molecule has 0 saturated heterocycles. The number of hydrogen-bond acceptors (Lipinski definition) is 1. The van der Waals surface area contributed by atoms with E-state index in [2.05, 4.69) is 0 Å². The number of nitrogens with two attached hydrogens (primary N) is 1. The summed E-state index contributed by atoms with van der Waals surface area (Å²) in [7, 11) is 0. The summed E-state index contributed by atoms with van der Waals surface area (Å²) in [5.41, 5.74) is 7.19. The Morgan fingerprint density at radius 1 is 0.882 bits per heavy atom. The third-order valence-electron chi connectivity index (χ3n) is 2.27. The van der Waals surface area contributed by atoms with Crippen molar-refractivity contribution >= 4 is 40.5 Å². The molecule has 5 heteroatoms. The Labute approximate surface area is 113 Å². The van der Waals surface area contributed by atoms with Crippen molar-refractivity contribution in [3.8, 4) is 11.1 Å². The summed E-state index contributed by atoms with van der Waals surface area (Å²) in [5, 5.41) is 1.07. The molecule has 2 aromatic carbocycles. The second-order valence-corrected chi connectivity index (χ2v) is 4.79. The molecule has 2 rings (SSSR count). The number of halogens is 4. The minimum absolute atomic E-state index is 0.163. The second-order valence-electron chi connectivity index (χ2n) is 3.51. The van der Waals surface area contributed by atoms with Gasteiger partial charge in [-0.3, -0.25) is 0 Å². The Morgan fingerprint density at radius 3 is 2.06 bits per heavy atom. The van der Waals surface area contributed by atoms with E-state index in [0.717, 1.165) is 6.07 Å². The average Bonchev–Trinajstić information content (AvgIpc) is 2.22. The molecule has 0 saturated carbocycles. The van der Waals surface area contributed by atoms with Crippen molar-refractivity contribution in [2.24, 2.45) is 0 Å². The van der Waals surface area contributed by atoms with E-state index in [0.29, 0.717) is 26.9 Å². The zero-order valence-corrected chi connectivity index (χ0v) is 10.7. The van der Waals surface area contributed by atoms with E-state index in [1.807, 2.05) is 0 Å². The monoisotopic (exact) mass is 289 g/mol. The fourth-order valence-corrected chi connectivity index (χ4v) is 2.27. The standard InChI is InChI=1S/C12H7Cl3FN/c13-7-1-6(2-8(14)3-7)10-4-9(16)5-11(15)12(10)17/h1-5H,17H2. The van der Waals surface area contributed by atoms with Crippen LogP contribution in [0.25, 0.3) is 11.1 Å². The molecule has 0 unspecified atom stereocenters. The lowest BCUT2D eigenvalue weighted by Crippen LogP contribution is -1.93. The summed E-state index contributed by atoms with van der Waals surface area (Å²) in [4.78, 5) is 0. The van der Waals surface area contributed by atoms with Crippen LogP contribution < -0.4 is 5.73 Å². The van der Waals surface area contributed by atoms with Gasteiger partial charge >= 0.3 is 0 Å². The van der Waals surface area contributed by atoms with E-state index in [4.69, 9.17) is 40.5 Å². The van der Waals surface area contributed by atoms with E-state index in [1.54, 1.807) is 18.2 Å². The lowest BCUT2D eigenvalue weighted by molar-refractivity contribution is 0.628. The Hall–Kier alpha value is -0.960. The third kappa shape index (κ3) is 2.65. The maximum Gasteiger partial charge on any atom is 0.125 e. The zero-order chi connectivity index (χ0) is 12.6. The molecule has 0 bridgehead atoms. The fourth-order valence-electron chi connectivity index (χ4n) is 1.53. The van der Waals surface area contributed by atoms with Crippen LogP contribution in [-0.4, -0.2) is 0 Å². The van der Waals surface area contributed by atoms with Gasteiger partial charge in [0.1, 0.15) is 5.82 Å². The first-order valence-electron chi connectivity index (χ1n) is 4.68. The topological polar surface area (TPSA) is 26.0 Å². The van der Waals surface area contributed by atoms with Gasteiger partial charge in [-0.1, -0.05) is 34.8 Å². The molecule has 1 nitrogen and oxygen atoms in total.